The third-order valence-electron chi connectivity index (χ3n) is 3.44. The number of benzene rings is 1. The van der Waals surface area contributed by atoms with E-state index < -0.39 is 5.97 Å². The average Bonchev–Trinajstić information content (AvgIpc) is 3.10. The molecule has 4 nitrogen and oxygen atoms in total. The third-order valence-corrected chi connectivity index (χ3v) is 5.91. The SMILES string of the molecule is Cc1cc(C2=NOC(c3cc(Cl)c(Cl)c(Cl)c3)C2)sc1C(=O)O. The highest BCUT2D eigenvalue weighted by Crippen LogP contribution is 2.38. The zero-order chi connectivity index (χ0) is 16.7. The minimum absolute atomic E-state index is 0.302. The Morgan fingerprint density at radius 3 is 2.52 bits per heavy atom. The monoisotopic (exact) mass is 389 g/mol. The van der Waals surface area contributed by atoms with Crippen LogP contribution in [-0.4, -0.2) is 16.8 Å². The van der Waals surface area contributed by atoms with Gasteiger partial charge in [-0.1, -0.05) is 40.0 Å². The van der Waals surface area contributed by atoms with Crippen LogP contribution < -0.4 is 0 Å². The fourth-order valence-corrected chi connectivity index (χ4v) is 3.91. The van der Waals surface area contributed by atoms with Crippen LogP contribution >= 0.6 is 46.1 Å². The summed E-state index contributed by atoms with van der Waals surface area (Å²) in [6, 6.07) is 5.20. The number of hydrogen-bond acceptors (Lipinski definition) is 4. The fourth-order valence-electron chi connectivity index (χ4n) is 2.30. The summed E-state index contributed by atoms with van der Waals surface area (Å²) < 4.78 is 0. The summed E-state index contributed by atoms with van der Waals surface area (Å²) in [5.74, 6) is -0.939. The summed E-state index contributed by atoms with van der Waals surface area (Å²) in [6.07, 6.45) is 0.181. The van der Waals surface area contributed by atoms with E-state index in [1.807, 2.05) is 0 Å². The maximum atomic E-state index is 11.1. The first-order valence-electron chi connectivity index (χ1n) is 6.58. The Bertz CT molecular complexity index is 808. The molecule has 1 N–H and O–H groups in total. The Morgan fingerprint density at radius 1 is 1.30 bits per heavy atom. The van der Waals surface area contributed by atoms with Gasteiger partial charge in [-0.2, -0.15) is 0 Å². The van der Waals surface area contributed by atoms with Gasteiger partial charge >= 0.3 is 5.97 Å². The van der Waals surface area contributed by atoms with Crippen molar-refractivity contribution in [3.05, 3.63) is 54.1 Å². The lowest BCUT2D eigenvalue weighted by molar-refractivity contribution is 0.0701. The van der Waals surface area contributed by atoms with Gasteiger partial charge in [-0.3, -0.25) is 0 Å². The number of carboxylic acids is 1. The lowest BCUT2D eigenvalue weighted by Crippen LogP contribution is -2.00. The number of aryl methyl sites for hydroxylation is 1. The number of rotatable bonds is 3. The number of hydrogen-bond donors (Lipinski definition) is 1. The van der Waals surface area contributed by atoms with Gasteiger partial charge in [0.2, 0.25) is 0 Å². The molecule has 0 radical (unpaired) electrons. The number of nitrogens with zero attached hydrogens (tertiary/aromatic N) is 1. The second-order valence-corrected chi connectivity index (χ2v) is 7.31. The molecule has 120 valence electrons. The zero-order valence-electron chi connectivity index (χ0n) is 11.8. The molecule has 0 amide bonds. The molecule has 0 bridgehead atoms. The normalized spacial score (nSPS) is 17.0. The topological polar surface area (TPSA) is 58.9 Å². The van der Waals surface area contributed by atoms with E-state index in [1.54, 1.807) is 25.1 Å². The zero-order valence-corrected chi connectivity index (χ0v) is 14.9. The van der Waals surface area contributed by atoms with Crippen molar-refractivity contribution < 1.29 is 14.7 Å². The van der Waals surface area contributed by atoms with Crippen LogP contribution in [0.2, 0.25) is 15.1 Å². The van der Waals surface area contributed by atoms with E-state index in [-0.39, 0.29) is 6.10 Å². The van der Waals surface area contributed by atoms with Crippen LogP contribution in [0.3, 0.4) is 0 Å². The summed E-state index contributed by atoms with van der Waals surface area (Å²) in [7, 11) is 0. The number of carboxylic acid groups (broad SMARTS) is 1. The minimum atomic E-state index is -0.939. The molecule has 0 saturated carbocycles. The van der Waals surface area contributed by atoms with Gasteiger partial charge in [-0.05, 0) is 36.2 Å². The van der Waals surface area contributed by atoms with Gasteiger partial charge < -0.3 is 9.94 Å². The standard InChI is InChI=1S/C15H10Cl3NO3S/c1-6-2-12(23-14(6)15(20)21)10-5-11(22-19-10)7-3-8(16)13(18)9(17)4-7/h2-4,11H,5H2,1H3,(H,20,21). The van der Waals surface area contributed by atoms with Crippen LogP contribution in [0.4, 0.5) is 0 Å². The van der Waals surface area contributed by atoms with Crippen molar-refractivity contribution in [3.63, 3.8) is 0 Å². The van der Waals surface area contributed by atoms with Gasteiger partial charge in [0, 0.05) is 6.42 Å². The number of aromatic carboxylic acids is 1. The fraction of sp³-hybridized carbons (Fsp3) is 0.200. The summed E-state index contributed by atoms with van der Waals surface area (Å²) in [4.78, 5) is 17.7. The van der Waals surface area contributed by atoms with Crippen molar-refractivity contribution in [3.8, 4) is 0 Å². The van der Waals surface area contributed by atoms with Crippen molar-refractivity contribution in [1.82, 2.24) is 0 Å². The quantitative estimate of drug-likeness (QED) is 0.696. The molecule has 0 spiro atoms. The van der Waals surface area contributed by atoms with Crippen LogP contribution in [0.25, 0.3) is 0 Å². The number of thiophene rings is 1. The van der Waals surface area contributed by atoms with Gasteiger partial charge in [0.05, 0.1) is 19.9 Å². The Kier molecular flexibility index (Phi) is 4.56. The number of oxime groups is 1. The van der Waals surface area contributed by atoms with Gasteiger partial charge in [0.15, 0.2) is 6.10 Å². The van der Waals surface area contributed by atoms with E-state index in [0.29, 0.717) is 37.6 Å². The lowest BCUT2D eigenvalue weighted by Gasteiger charge is -2.10. The molecule has 0 saturated heterocycles. The Balaban J connectivity index is 1.83. The second kappa shape index (κ2) is 6.32. The molecule has 1 aromatic carbocycles. The molecule has 0 fully saturated rings. The van der Waals surface area contributed by atoms with Crippen molar-refractivity contribution in [2.45, 2.75) is 19.4 Å². The van der Waals surface area contributed by atoms with Crippen LogP contribution in [0.15, 0.2) is 23.4 Å². The van der Waals surface area contributed by atoms with Crippen molar-refractivity contribution >= 4 is 57.8 Å². The van der Waals surface area contributed by atoms with Crippen molar-refractivity contribution in [2.75, 3.05) is 0 Å². The van der Waals surface area contributed by atoms with E-state index in [4.69, 9.17) is 44.7 Å². The van der Waals surface area contributed by atoms with Crippen LogP contribution in [-0.2, 0) is 4.84 Å². The number of halogens is 3. The molecule has 23 heavy (non-hydrogen) atoms. The molecular weight excluding hydrogens is 381 g/mol. The van der Waals surface area contributed by atoms with Gasteiger partial charge in [-0.15, -0.1) is 11.3 Å². The van der Waals surface area contributed by atoms with Crippen molar-refractivity contribution in [1.29, 1.82) is 0 Å². The first-order chi connectivity index (χ1) is 10.9. The molecule has 0 aliphatic carbocycles. The molecule has 1 unspecified atom stereocenters. The Hall–Kier alpha value is -1.27. The van der Waals surface area contributed by atoms with E-state index in [1.165, 1.54) is 11.3 Å². The largest absolute Gasteiger partial charge is 0.477 e. The van der Waals surface area contributed by atoms with Crippen LogP contribution in [0.1, 0.15) is 38.2 Å². The molecular formula is C15H10Cl3NO3S. The summed E-state index contributed by atoms with van der Waals surface area (Å²) in [5, 5.41) is 14.2. The average molecular weight is 391 g/mol. The highest BCUT2D eigenvalue weighted by atomic mass is 35.5. The first-order valence-corrected chi connectivity index (χ1v) is 8.53. The summed E-state index contributed by atoms with van der Waals surface area (Å²) in [6.45, 7) is 1.76. The summed E-state index contributed by atoms with van der Waals surface area (Å²) in [5.41, 5.74) is 2.19. The summed E-state index contributed by atoms with van der Waals surface area (Å²) >= 11 is 19.2. The Morgan fingerprint density at radius 2 is 1.96 bits per heavy atom. The maximum absolute atomic E-state index is 11.1. The molecule has 3 rings (SSSR count). The highest BCUT2D eigenvalue weighted by Gasteiger charge is 2.27. The number of carbonyl (C=O) groups is 1. The molecule has 1 atom stereocenters. The predicted octanol–water partition coefficient (Wildman–Crippen LogP) is 5.58. The molecule has 1 aromatic heterocycles. The molecule has 2 aromatic rings. The van der Waals surface area contributed by atoms with E-state index >= 15 is 0 Å². The maximum Gasteiger partial charge on any atom is 0.346 e. The van der Waals surface area contributed by atoms with E-state index in [2.05, 4.69) is 5.16 Å². The van der Waals surface area contributed by atoms with Gasteiger partial charge in [0.25, 0.3) is 0 Å². The smallest absolute Gasteiger partial charge is 0.346 e. The molecule has 1 aliphatic heterocycles. The van der Waals surface area contributed by atoms with Crippen LogP contribution in [0.5, 0.6) is 0 Å². The Labute approximate surface area is 151 Å². The van der Waals surface area contributed by atoms with E-state index in [0.717, 1.165) is 10.4 Å². The van der Waals surface area contributed by atoms with Crippen LogP contribution in [0, 0.1) is 6.92 Å². The minimum Gasteiger partial charge on any atom is -0.477 e. The first kappa shape index (κ1) is 16.6. The lowest BCUT2D eigenvalue weighted by atomic mass is 10.0. The van der Waals surface area contributed by atoms with Gasteiger partial charge in [-0.25, -0.2) is 4.79 Å². The predicted molar refractivity (Wildman–Crippen MR) is 92.5 cm³/mol. The third kappa shape index (κ3) is 3.19. The molecule has 8 heteroatoms. The highest BCUT2D eigenvalue weighted by molar-refractivity contribution is 7.16. The van der Waals surface area contributed by atoms with Crippen molar-refractivity contribution in [2.24, 2.45) is 5.16 Å². The molecule has 1 aliphatic rings. The second-order valence-electron chi connectivity index (χ2n) is 5.06. The molecule has 2 heterocycles. The van der Waals surface area contributed by atoms with Gasteiger partial charge in [0.1, 0.15) is 10.6 Å². The van der Waals surface area contributed by atoms with E-state index in [9.17, 15) is 4.79 Å².